The Morgan fingerprint density at radius 2 is 1.70 bits per heavy atom. The highest BCUT2D eigenvalue weighted by molar-refractivity contribution is 7.85. The number of halogens is 1. The highest BCUT2D eigenvalue weighted by Crippen LogP contribution is 2.15. The average Bonchev–Trinajstić information content (AvgIpc) is 2.49. The molecule has 0 N–H and O–H groups in total. The number of hydrogen-bond acceptors (Lipinski definition) is 2. The van der Waals surface area contributed by atoms with Crippen LogP contribution in [0.3, 0.4) is 0 Å². The molecule has 2 unspecified atom stereocenters. The lowest BCUT2D eigenvalue weighted by Crippen LogP contribution is -2.23. The molecule has 0 fully saturated rings. The Morgan fingerprint density at radius 3 is 2.30 bits per heavy atom. The number of Topliss-reactive ketones (excluding diaryl/α,β-unsaturated/α-hetero) is 1. The summed E-state index contributed by atoms with van der Waals surface area (Å²) in [7, 11) is -1.25. The zero-order valence-corrected chi connectivity index (χ0v) is 12.7. The van der Waals surface area contributed by atoms with Crippen LogP contribution in [0.2, 0.25) is 5.02 Å². The number of hydrogen-bond donors (Lipinski definition) is 0. The molecule has 0 saturated heterocycles. The van der Waals surface area contributed by atoms with Crippen LogP contribution in [0.15, 0.2) is 54.6 Å². The van der Waals surface area contributed by atoms with Gasteiger partial charge in [-0.2, -0.15) is 0 Å². The van der Waals surface area contributed by atoms with Gasteiger partial charge in [0.05, 0.1) is 5.25 Å². The summed E-state index contributed by atoms with van der Waals surface area (Å²) in [6.45, 7) is 1.71. The Labute approximate surface area is 126 Å². The molecule has 2 nitrogen and oxygen atoms in total. The second-order valence-electron chi connectivity index (χ2n) is 4.52. The van der Waals surface area contributed by atoms with Crippen LogP contribution in [0.4, 0.5) is 0 Å². The first kappa shape index (κ1) is 14.9. The Balaban J connectivity index is 2.05. The van der Waals surface area contributed by atoms with Crippen LogP contribution in [-0.4, -0.2) is 15.2 Å². The standard InChI is InChI=1S/C16H15ClO2S/c1-12(16(18)14-5-3-2-4-6-14)20(19)11-13-7-9-15(17)10-8-13/h2-10,12H,11H2,1H3. The molecule has 0 amide bonds. The van der Waals surface area contributed by atoms with Gasteiger partial charge < -0.3 is 0 Å². The molecule has 0 aromatic heterocycles. The first-order valence-electron chi connectivity index (χ1n) is 6.29. The maximum absolute atomic E-state index is 12.3. The van der Waals surface area contributed by atoms with Gasteiger partial charge in [-0.3, -0.25) is 9.00 Å². The summed E-state index contributed by atoms with van der Waals surface area (Å²) in [4.78, 5) is 12.2. The van der Waals surface area contributed by atoms with Crippen LogP contribution in [0.25, 0.3) is 0 Å². The van der Waals surface area contributed by atoms with E-state index in [2.05, 4.69) is 0 Å². The first-order valence-corrected chi connectivity index (χ1v) is 8.05. The van der Waals surface area contributed by atoms with E-state index in [0.717, 1.165) is 5.56 Å². The van der Waals surface area contributed by atoms with Crippen molar-refractivity contribution in [3.05, 3.63) is 70.7 Å². The van der Waals surface area contributed by atoms with Gasteiger partial charge in [-0.1, -0.05) is 54.1 Å². The third-order valence-electron chi connectivity index (χ3n) is 3.04. The van der Waals surface area contributed by atoms with Crippen LogP contribution in [-0.2, 0) is 16.6 Å². The van der Waals surface area contributed by atoms with Gasteiger partial charge in [-0.15, -0.1) is 0 Å². The second-order valence-corrected chi connectivity index (χ2v) is 6.72. The Hall–Kier alpha value is -1.45. The van der Waals surface area contributed by atoms with Crippen molar-refractivity contribution in [2.45, 2.75) is 17.9 Å². The summed E-state index contributed by atoms with van der Waals surface area (Å²) in [5.41, 5.74) is 1.52. The monoisotopic (exact) mass is 306 g/mol. The van der Waals surface area contributed by atoms with Crippen molar-refractivity contribution >= 4 is 28.2 Å². The minimum atomic E-state index is -1.25. The molecule has 20 heavy (non-hydrogen) atoms. The number of carbonyl (C=O) groups is 1. The van der Waals surface area contributed by atoms with Gasteiger partial charge >= 0.3 is 0 Å². The fourth-order valence-corrected chi connectivity index (χ4v) is 3.10. The van der Waals surface area contributed by atoms with Crippen LogP contribution in [0, 0.1) is 0 Å². The van der Waals surface area contributed by atoms with E-state index in [9.17, 15) is 9.00 Å². The molecule has 104 valence electrons. The van der Waals surface area contributed by atoms with E-state index in [0.29, 0.717) is 16.3 Å². The first-order chi connectivity index (χ1) is 9.58. The van der Waals surface area contributed by atoms with Crippen molar-refractivity contribution in [2.75, 3.05) is 0 Å². The van der Waals surface area contributed by atoms with E-state index >= 15 is 0 Å². The van der Waals surface area contributed by atoms with Crippen LogP contribution < -0.4 is 0 Å². The SMILES string of the molecule is CC(C(=O)c1ccccc1)S(=O)Cc1ccc(Cl)cc1. The summed E-state index contributed by atoms with van der Waals surface area (Å²) in [5, 5.41) is 0.126. The van der Waals surface area contributed by atoms with Crippen LogP contribution in [0.1, 0.15) is 22.8 Å². The number of ketones is 1. The van der Waals surface area contributed by atoms with Gasteiger partial charge in [0.15, 0.2) is 5.78 Å². The number of benzene rings is 2. The minimum absolute atomic E-state index is 0.0853. The van der Waals surface area contributed by atoms with Gasteiger partial charge in [-0.05, 0) is 24.6 Å². The fraction of sp³-hybridized carbons (Fsp3) is 0.188. The van der Waals surface area contributed by atoms with Crippen molar-refractivity contribution < 1.29 is 9.00 Å². The Morgan fingerprint density at radius 1 is 1.10 bits per heavy atom. The van der Waals surface area contributed by atoms with E-state index in [1.807, 2.05) is 30.3 Å². The van der Waals surface area contributed by atoms with Gasteiger partial charge in [0.2, 0.25) is 0 Å². The molecule has 0 spiro atoms. The fourth-order valence-electron chi connectivity index (χ4n) is 1.83. The largest absolute Gasteiger partial charge is 0.293 e. The molecule has 0 bridgehead atoms. The molecule has 0 heterocycles. The smallest absolute Gasteiger partial charge is 0.178 e. The lowest BCUT2D eigenvalue weighted by molar-refractivity contribution is 0.0992. The lowest BCUT2D eigenvalue weighted by Gasteiger charge is -2.10. The Kier molecular flexibility index (Phi) is 5.10. The summed E-state index contributed by atoms with van der Waals surface area (Å²) < 4.78 is 12.3. The van der Waals surface area contributed by atoms with Crippen molar-refractivity contribution in [1.82, 2.24) is 0 Å². The summed E-state index contributed by atoms with van der Waals surface area (Å²) in [5.74, 6) is 0.273. The molecule has 0 radical (unpaired) electrons. The van der Waals surface area contributed by atoms with E-state index in [4.69, 9.17) is 11.6 Å². The molecule has 2 rings (SSSR count). The molecule has 0 aliphatic carbocycles. The van der Waals surface area contributed by atoms with E-state index in [-0.39, 0.29) is 5.78 Å². The van der Waals surface area contributed by atoms with E-state index < -0.39 is 16.0 Å². The molecule has 0 aliphatic rings. The third-order valence-corrected chi connectivity index (χ3v) is 4.92. The molecule has 2 aromatic carbocycles. The molecule has 4 heteroatoms. The highest BCUT2D eigenvalue weighted by Gasteiger charge is 2.21. The van der Waals surface area contributed by atoms with Crippen molar-refractivity contribution in [3.63, 3.8) is 0 Å². The maximum atomic E-state index is 12.3. The average molecular weight is 307 g/mol. The molecule has 2 atom stereocenters. The quantitative estimate of drug-likeness (QED) is 0.786. The van der Waals surface area contributed by atoms with Gasteiger partial charge in [0.25, 0.3) is 0 Å². The van der Waals surface area contributed by atoms with Gasteiger partial charge in [0, 0.05) is 27.1 Å². The Bertz CT molecular complexity index is 608. The highest BCUT2D eigenvalue weighted by atomic mass is 35.5. The summed E-state index contributed by atoms with van der Waals surface area (Å²) in [6.07, 6.45) is 0. The van der Waals surface area contributed by atoms with E-state index in [1.54, 1.807) is 31.2 Å². The predicted molar refractivity (Wildman–Crippen MR) is 83.5 cm³/mol. The maximum Gasteiger partial charge on any atom is 0.178 e. The van der Waals surface area contributed by atoms with Gasteiger partial charge in [-0.25, -0.2) is 0 Å². The lowest BCUT2D eigenvalue weighted by atomic mass is 10.1. The predicted octanol–water partition coefficient (Wildman–Crippen LogP) is 3.86. The third kappa shape index (κ3) is 3.78. The summed E-state index contributed by atoms with van der Waals surface area (Å²) in [6, 6.07) is 16.2. The normalized spacial score (nSPS) is 13.7. The van der Waals surface area contributed by atoms with Gasteiger partial charge in [0.1, 0.15) is 0 Å². The number of carbonyl (C=O) groups excluding carboxylic acids is 1. The van der Waals surface area contributed by atoms with Crippen LogP contribution >= 0.6 is 11.6 Å². The summed E-state index contributed by atoms with van der Waals surface area (Å²) >= 11 is 5.81. The van der Waals surface area contributed by atoms with Crippen molar-refractivity contribution in [1.29, 1.82) is 0 Å². The molecule has 0 saturated carbocycles. The molecular formula is C16H15ClO2S. The zero-order valence-electron chi connectivity index (χ0n) is 11.1. The molecule has 0 aliphatic heterocycles. The zero-order chi connectivity index (χ0) is 14.5. The van der Waals surface area contributed by atoms with Crippen molar-refractivity contribution in [3.8, 4) is 0 Å². The van der Waals surface area contributed by atoms with Crippen LogP contribution in [0.5, 0.6) is 0 Å². The van der Waals surface area contributed by atoms with Crippen molar-refractivity contribution in [2.24, 2.45) is 0 Å². The molecule has 2 aromatic rings. The second kappa shape index (κ2) is 6.82. The van der Waals surface area contributed by atoms with E-state index in [1.165, 1.54) is 0 Å². The number of rotatable bonds is 5. The minimum Gasteiger partial charge on any atom is -0.293 e. The molecular weight excluding hydrogens is 292 g/mol. The topological polar surface area (TPSA) is 34.1 Å².